The lowest BCUT2D eigenvalue weighted by Gasteiger charge is -2.35. The molecule has 1 saturated heterocycles. The lowest BCUT2D eigenvalue weighted by Crippen LogP contribution is -2.50. The second-order valence-electron chi connectivity index (χ2n) is 7.68. The van der Waals surface area contributed by atoms with Gasteiger partial charge in [0, 0.05) is 31.7 Å². The van der Waals surface area contributed by atoms with Crippen LogP contribution in [-0.2, 0) is 6.61 Å². The van der Waals surface area contributed by atoms with Crippen LogP contribution in [-0.4, -0.2) is 52.9 Å². The lowest BCUT2D eigenvalue weighted by molar-refractivity contribution is 0.0532. The van der Waals surface area contributed by atoms with Crippen molar-refractivity contribution in [2.24, 2.45) is 0 Å². The summed E-state index contributed by atoms with van der Waals surface area (Å²) in [6.45, 7) is 5.44. The summed E-state index contributed by atoms with van der Waals surface area (Å²) in [5, 5.41) is 3.91. The van der Waals surface area contributed by atoms with E-state index < -0.39 is 5.82 Å². The third kappa shape index (κ3) is 4.49. The number of ether oxygens (including phenoxy) is 1. The third-order valence-corrected chi connectivity index (χ3v) is 5.60. The minimum atomic E-state index is -0.538. The third-order valence-electron chi connectivity index (χ3n) is 5.60. The SMILES string of the molecule is Cc1noc(C)c1COc1cccc(C(=O)N2CCN(C(=O)c3ccccc3F)CC2)c1. The Balaban J connectivity index is 1.36. The first-order valence-corrected chi connectivity index (χ1v) is 10.4. The zero-order valence-electron chi connectivity index (χ0n) is 18.0. The molecule has 1 aliphatic rings. The highest BCUT2D eigenvalue weighted by atomic mass is 19.1. The molecule has 2 amide bonds. The normalized spacial score (nSPS) is 13.8. The molecule has 0 bridgehead atoms. The first-order chi connectivity index (χ1) is 15.4. The van der Waals surface area contributed by atoms with Crippen LogP contribution in [0.2, 0.25) is 0 Å². The maximum atomic E-state index is 13.9. The predicted octanol–water partition coefficient (Wildman–Crippen LogP) is 3.61. The van der Waals surface area contributed by atoms with E-state index in [0.717, 1.165) is 11.3 Å². The lowest BCUT2D eigenvalue weighted by atomic mass is 10.1. The second-order valence-corrected chi connectivity index (χ2v) is 7.68. The van der Waals surface area contributed by atoms with Crippen LogP contribution >= 0.6 is 0 Å². The van der Waals surface area contributed by atoms with Crippen molar-refractivity contribution < 1.29 is 23.2 Å². The summed E-state index contributed by atoms with van der Waals surface area (Å²) >= 11 is 0. The van der Waals surface area contributed by atoms with Gasteiger partial charge in [-0.3, -0.25) is 9.59 Å². The molecule has 1 fully saturated rings. The predicted molar refractivity (Wildman–Crippen MR) is 115 cm³/mol. The Labute approximate surface area is 185 Å². The van der Waals surface area contributed by atoms with Crippen molar-refractivity contribution in [1.82, 2.24) is 15.0 Å². The van der Waals surface area contributed by atoms with Gasteiger partial charge in [-0.1, -0.05) is 23.4 Å². The van der Waals surface area contributed by atoms with Crippen molar-refractivity contribution in [3.63, 3.8) is 0 Å². The fourth-order valence-corrected chi connectivity index (χ4v) is 3.68. The maximum absolute atomic E-state index is 13.9. The number of aryl methyl sites for hydroxylation is 2. The van der Waals surface area contributed by atoms with Gasteiger partial charge in [0.1, 0.15) is 23.9 Å². The first kappa shape index (κ1) is 21.5. The van der Waals surface area contributed by atoms with Crippen molar-refractivity contribution in [2.75, 3.05) is 26.2 Å². The number of halogens is 1. The monoisotopic (exact) mass is 437 g/mol. The average molecular weight is 437 g/mol. The molecule has 166 valence electrons. The summed E-state index contributed by atoms with van der Waals surface area (Å²) in [6.07, 6.45) is 0. The van der Waals surface area contributed by atoms with Gasteiger partial charge in [0.2, 0.25) is 0 Å². The van der Waals surface area contributed by atoms with E-state index in [0.29, 0.717) is 49.9 Å². The number of carbonyl (C=O) groups excluding carboxylic acids is 2. The van der Waals surface area contributed by atoms with E-state index in [4.69, 9.17) is 9.26 Å². The van der Waals surface area contributed by atoms with E-state index >= 15 is 0 Å². The Morgan fingerprint density at radius 2 is 1.69 bits per heavy atom. The van der Waals surface area contributed by atoms with Crippen LogP contribution in [0.1, 0.15) is 37.7 Å². The molecule has 4 rings (SSSR count). The van der Waals surface area contributed by atoms with Crippen LogP contribution in [0, 0.1) is 19.7 Å². The molecule has 0 atom stereocenters. The molecule has 3 aromatic rings. The van der Waals surface area contributed by atoms with Crippen LogP contribution in [0.3, 0.4) is 0 Å². The fraction of sp³-hybridized carbons (Fsp3) is 0.292. The molecule has 7 nitrogen and oxygen atoms in total. The van der Waals surface area contributed by atoms with Crippen molar-refractivity contribution in [2.45, 2.75) is 20.5 Å². The minimum Gasteiger partial charge on any atom is -0.489 e. The summed E-state index contributed by atoms with van der Waals surface area (Å²) in [6, 6.07) is 12.9. The summed E-state index contributed by atoms with van der Waals surface area (Å²) < 4.78 is 24.9. The van der Waals surface area contributed by atoms with Gasteiger partial charge in [-0.05, 0) is 44.2 Å². The summed E-state index contributed by atoms with van der Waals surface area (Å²) in [5.74, 6) is 0.252. The van der Waals surface area contributed by atoms with Crippen LogP contribution in [0.5, 0.6) is 5.75 Å². The summed E-state index contributed by atoms with van der Waals surface area (Å²) in [5.41, 5.74) is 2.22. The number of aromatic nitrogens is 1. The number of amides is 2. The highest BCUT2D eigenvalue weighted by Crippen LogP contribution is 2.20. The van der Waals surface area contributed by atoms with Gasteiger partial charge in [-0.2, -0.15) is 0 Å². The van der Waals surface area contributed by atoms with E-state index in [2.05, 4.69) is 5.16 Å². The van der Waals surface area contributed by atoms with Crippen molar-refractivity contribution in [3.05, 3.63) is 82.5 Å². The van der Waals surface area contributed by atoms with Crippen LogP contribution < -0.4 is 4.74 Å². The van der Waals surface area contributed by atoms with Crippen molar-refractivity contribution in [1.29, 1.82) is 0 Å². The van der Waals surface area contributed by atoms with E-state index in [1.807, 2.05) is 13.8 Å². The molecule has 0 aliphatic carbocycles. The Hall–Kier alpha value is -3.68. The molecule has 1 aromatic heterocycles. The molecule has 0 spiro atoms. The molecule has 0 saturated carbocycles. The standard InChI is InChI=1S/C24H24FN3O4/c1-16-21(17(2)32-26-16)15-31-19-7-5-6-18(14-19)23(29)27-10-12-28(13-11-27)24(30)20-8-3-4-9-22(20)25/h3-9,14H,10-13,15H2,1-2H3. The van der Waals surface area contributed by atoms with E-state index in [1.165, 1.54) is 12.1 Å². The largest absolute Gasteiger partial charge is 0.489 e. The number of rotatable bonds is 5. The van der Waals surface area contributed by atoms with Crippen LogP contribution in [0.25, 0.3) is 0 Å². The molecule has 0 N–H and O–H groups in total. The molecule has 0 unspecified atom stereocenters. The zero-order valence-corrected chi connectivity index (χ0v) is 18.0. The Kier molecular flexibility index (Phi) is 6.20. The smallest absolute Gasteiger partial charge is 0.256 e. The second kappa shape index (κ2) is 9.21. The van der Waals surface area contributed by atoms with E-state index in [1.54, 1.807) is 46.2 Å². The number of benzene rings is 2. The quantitative estimate of drug-likeness (QED) is 0.610. The van der Waals surface area contributed by atoms with Gasteiger partial charge >= 0.3 is 0 Å². The molecular weight excluding hydrogens is 413 g/mol. The Bertz CT molecular complexity index is 1120. The number of carbonyl (C=O) groups is 2. The molecule has 8 heteroatoms. The number of nitrogens with zero attached hydrogens (tertiary/aromatic N) is 3. The molecule has 0 radical (unpaired) electrons. The fourth-order valence-electron chi connectivity index (χ4n) is 3.68. The molecule has 1 aliphatic heterocycles. The van der Waals surface area contributed by atoms with Gasteiger partial charge in [0.15, 0.2) is 0 Å². The summed E-state index contributed by atoms with van der Waals surface area (Å²) in [7, 11) is 0. The Morgan fingerprint density at radius 1 is 1.00 bits per heavy atom. The highest BCUT2D eigenvalue weighted by molar-refractivity contribution is 5.96. The van der Waals surface area contributed by atoms with E-state index in [-0.39, 0.29) is 17.4 Å². The zero-order chi connectivity index (χ0) is 22.7. The molecule has 32 heavy (non-hydrogen) atoms. The Morgan fingerprint density at radius 3 is 2.34 bits per heavy atom. The number of piperazine rings is 1. The molecular formula is C24H24FN3O4. The molecule has 2 aromatic carbocycles. The van der Waals surface area contributed by atoms with Crippen LogP contribution in [0.4, 0.5) is 4.39 Å². The van der Waals surface area contributed by atoms with Crippen molar-refractivity contribution >= 4 is 11.8 Å². The summed E-state index contributed by atoms with van der Waals surface area (Å²) in [4.78, 5) is 28.8. The molecule has 2 heterocycles. The minimum absolute atomic E-state index is 0.0513. The number of hydrogen-bond donors (Lipinski definition) is 0. The first-order valence-electron chi connectivity index (χ1n) is 10.4. The maximum Gasteiger partial charge on any atom is 0.256 e. The highest BCUT2D eigenvalue weighted by Gasteiger charge is 2.26. The van der Waals surface area contributed by atoms with Crippen molar-refractivity contribution in [3.8, 4) is 5.75 Å². The van der Waals surface area contributed by atoms with Gasteiger partial charge in [-0.25, -0.2) is 4.39 Å². The van der Waals surface area contributed by atoms with E-state index in [9.17, 15) is 14.0 Å². The van der Waals surface area contributed by atoms with Gasteiger partial charge in [0.05, 0.1) is 16.8 Å². The van der Waals surface area contributed by atoms with Gasteiger partial charge < -0.3 is 19.1 Å². The topological polar surface area (TPSA) is 75.9 Å². The van der Waals surface area contributed by atoms with Gasteiger partial charge in [0.25, 0.3) is 11.8 Å². The van der Waals surface area contributed by atoms with Gasteiger partial charge in [-0.15, -0.1) is 0 Å². The van der Waals surface area contributed by atoms with Crippen LogP contribution in [0.15, 0.2) is 53.1 Å². The average Bonchev–Trinajstić information content (AvgIpc) is 3.14. The number of hydrogen-bond acceptors (Lipinski definition) is 5.